The van der Waals surface area contributed by atoms with Crippen LogP contribution in [0.2, 0.25) is 0 Å². The van der Waals surface area contributed by atoms with E-state index in [0.717, 1.165) is 5.56 Å². The maximum Gasteiger partial charge on any atom is 0.152 e. The van der Waals surface area contributed by atoms with Gasteiger partial charge in [0, 0.05) is 11.4 Å². The van der Waals surface area contributed by atoms with Crippen LogP contribution in [0.5, 0.6) is 0 Å². The summed E-state index contributed by atoms with van der Waals surface area (Å²) in [6.45, 7) is 1.39. The number of benzene rings is 1. The van der Waals surface area contributed by atoms with Crippen molar-refractivity contribution in [3.8, 4) is 0 Å². The molecule has 2 nitrogen and oxygen atoms in total. The van der Waals surface area contributed by atoms with Gasteiger partial charge in [-0.25, -0.2) is 0 Å². The fraction of sp³-hybridized carbons (Fsp3) is 0.273. The van der Waals surface area contributed by atoms with Gasteiger partial charge in [-0.15, -0.1) is 23.2 Å². The lowest BCUT2D eigenvalue weighted by molar-refractivity contribution is -0.116. The minimum Gasteiger partial charge on any atom is -0.298 e. The van der Waals surface area contributed by atoms with Crippen LogP contribution in [-0.2, 0) is 10.7 Å². The Hall–Kier alpha value is -0.860. The minimum absolute atomic E-state index is 0.197. The molecule has 1 aromatic rings. The molecule has 1 atom stereocenters. The van der Waals surface area contributed by atoms with Gasteiger partial charge in [-0.05, 0) is 18.1 Å². The van der Waals surface area contributed by atoms with Crippen LogP contribution >= 0.6 is 23.2 Å². The molecule has 0 aliphatic rings. The number of ketones is 1. The summed E-state index contributed by atoms with van der Waals surface area (Å²) in [5, 5.41) is -0.805. The maximum atomic E-state index is 11.2. The van der Waals surface area contributed by atoms with E-state index in [9.17, 15) is 9.59 Å². The first-order chi connectivity index (χ1) is 7.11. The minimum atomic E-state index is -0.805. The fourth-order valence-corrected chi connectivity index (χ4v) is 1.86. The van der Waals surface area contributed by atoms with E-state index in [1.54, 1.807) is 18.2 Å². The van der Waals surface area contributed by atoms with Crippen molar-refractivity contribution in [3.63, 3.8) is 0 Å². The van der Waals surface area contributed by atoms with Crippen molar-refractivity contribution < 1.29 is 9.59 Å². The summed E-state index contributed by atoms with van der Waals surface area (Å²) in [4.78, 5) is 22.0. The van der Waals surface area contributed by atoms with Gasteiger partial charge in [0.2, 0.25) is 0 Å². The molecule has 1 aromatic carbocycles. The molecular weight excluding hydrogens is 235 g/mol. The smallest absolute Gasteiger partial charge is 0.152 e. The van der Waals surface area contributed by atoms with Crippen molar-refractivity contribution in [2.24, 2.45) is 0 Å². The van der Waals surface area contributed by atoms with Crippen molar-refractivity contribution >= 4 is 35.3 Å². The summed E-state index contributed by atoms with van der Waals surface area (Å²) in [7, 11) is 0. The zero-order chi connectivity index (χ0) is 11.4. The SMILES string of the molecule is CC(=O)C(Cl)c1c(C=O)cccc1CCl. The third-order valence-corrected chi connectivity index (χ3v) is 2.92. The molecule has 0 aliphatic carbocycles. The molecule has 0 heterocycles. The molecule has 1 unspecified atom stereocenters. The van der Waals surface area contributed by atoms with Crippen LogP contribution in [0.25, 0.3) is 0 Å². The van der Waals surface area contributed by atoms with Crippen molar-refractivity contribution in [2.75, 3.05) is 0 Å². The lowest BCUT2D eigenvalue weighted by Gasteiger charge is -2.13. The van der Waals surface area contributed by atoms with Crippen LogP contribution in [0, 0.1) is 0 Å². The second kappa shape index (κ2) is 5.29. The molecule has 0 saturated carbocycles. The second-order valence-corrected chi connectivity index (χ2v) is 3.85. The van der Waals surface area contributed by atoms with Crippen LogP contribution in [0.4, 0.5) is 0 Å². The lowest BCUT2D eigenvalue weighted by Crippen LogP contribution is -2.08. The van der Waals surface area contributed by atoms with Gasteiger partial charge < -0.3 is 0 Å². The third-order valence-electron chi connectivity index (χ3n) is 2.11. The quantitative estimate of drug-likeness (QED) is 0.603. The summed E-state index contributed by atoms with van der Waals surface area (Å²) in [5.74, 6) is 0.0328. The van der Waals surface area contributed by atoms with E-state index >= 15 is 0 Å². The molecule has 0 bridgehead atoms. The Morgan fingerprint density at radius 3 is 2.67 bits per heavy atom. The Morgan fingerprint density at radius 1 is 1.53 bits per heavy atom. The summed E-state index contributed by atoms with van der Waals surface area (Å²) >= 11 is 11.7. The number of hydrogen-bond donors (Lipinski definition) is 0. The Morgan fingerprint density at radius 2 is 2.20 bits per heavy atom. The number of Topliss-reactive ketones (excluding diaryl/α,β-unsaturated/α-hetero) is 1. The second-order valence-electron chi connectivity index (χ2n) is 3.14. The molecule has 15 heavy (non-hydrogen) atoms. The van der Waals surface area contributed by atoms with E-state index < -0.39 is 5.38 Å². The number of hydrogen-bond acceptors (Lipinski definition) is 2. The van der Waals surface area contributed by atoms with Crippen molar-refractivity contribution in [3.05, 3.63) is 34.9 Å². The topological polar surface area (TPSA) is 34.1 Å². The summed E-state index contributed by atoms with van der Waals surface area (Å²) in [5.41, 5.74) is 1.66. The first kappa shape index (κ1) is 12.2. The molecule has 0 fully saturated rings. The van der Waals surface area contributed by atoms with E-state index in [2.05, 4.69) is 0 Å². The molecule has 0 radical (unpaired) electrons. The molecule has 1 rings (SSSR count). The molecule has 0 aliphatic heterocycles. The third kappa shape index (κ3) is 2.58. The molecule has 0 spiro atoms. The van der Waals surface area contributed by atoms with Gasteiger partial charge in [0.05, 0.1) is 0 Å². The summed E-state index contributed by atoms with van der Waals surface area (Å²) in [6.07, 6.45) is 0.684. The van der Waals surface area contributed by atoms with Gasteiger partial charge in [0.1, 0.15) is 11.7 Å². The number of halogens is 2. The van der Waals surface area contributed by atoms with E-state index in [1.807, 2.05) is 0 Å². The number of rotatable bonds is 4. The van der Waals surface area contributed by atoms with Gasteiger partial charge >= 0.3 is 0 Å². The average molecular weight is 245 g/mol. The van der Waals surface area contributed by atoms with Gasteiger partial charge in [-0.3, -0.25) is 9.59 Å². The fourth-order valence-electron chi connectivity index (χ4n) is 1.36. The number of aldehydes is 1. The lowest BCUT2D eigenvalue weighted by atomic mass is 9.98. The van der Waals surface area contributed by atoms with Crippen LogP contribution in [0.1, 0.15) is 33.8 Å². The standard InChI is InChI=1S/C11H10Cl2O2/c1-7(15)11(13)10-8(5-12)3-2-4-9(10)6-14/h2-4,6,11H,5H2,1H3. The van der Waals surface area contributed by atoms with Gasteiger partial charge in [-0.2, -0.15) is 0 Å². The number of alkyl halides is 2. The van der Waals surface area contributed by atoms with Crippen molar-refractivity contribution in [1.82, 2.24) is 0 Å². The average Bonchev–Trinajstić information content (AvgIpc) is 2.26. The molecule has 0 saturated heterocycles. The Kier molecular flexibility index (Phi) is 4.30. The van der Waals surface area contributed by atoms with Gasteiger partial charge in [0.15, 0.2) is 5.78 Å². The summed E-state index contributed by atoms with van der Waals surface area (Å²) < 4.78 is 0. The van der Waals surface area contributed by atoms with E-state index in [4.69, 9.17) is 23.2 Å². The highest BCUT2D eigenvalue weighted by Gasteiger charge is 2.19. The normalized spacial score (nSPS) is 12.2. The largest absolute Gasteiger partial charge is 0.298 e. The Bertz CT molecular complexity index is 388. The van der Waals surface area contributed by atoms with E-state index in [-0.39, 0.29) is 11.7 Å². The highest BCUT2D eigenvalue weighted by molar-refractivity contribution is 6.31. The summed E-state index contributed by atoms with van der Waals surface area (Å²) in [6, 6.07) is 5.10. The van der Waals surface area contributed by atoms with Crippen LogP contribution in [-0.4, -0.2) is 12.1 Å². The number of carbonyl (C=O) groups is 2. The predicted octanol–water partition coefficient (Wildman–Crippen LogP) is 3.11. The zero-order valence-corrected chi connectivity index (χ0v) is 9.68. The first-order valence-corrected chi connectivity index (χ1v) is 5.36. The highest BCUT2D eigenvalue weighted by atomic mass is 35.5. The first-order valence-electron chi connectivity index (χ1n) is 4.39. The van der Waals surface area contributed by atoms with Crippen molar-refractivity contribution in [1.29, 1.82) is 0 Å². The molecule has 0 aromatic heterocycles. The van der Waals surface area contributed by atoms with Crippen LogP contribution < -0.4 is 0 Å². The Balaban J connectivity index is 3.33. The molecule has 4 heteroatoms. The van der Waals surface area contributed by atoms with Gasteiger partial charge in [0.25, 0.3) is 0 Å². The van der Waals surface area contributed by atoms with Gasteiger partial charge in [-0.1, -0.05) is 18.2 Å². The van der Waals surface area contributed by atoms with E-state index in [1.165, 1.54) is 6.92 Å². The molecule has 80 valence electrons. The molecule has 0 N–H and O–H groups in total. The van der Waals surface area contributed by atoms with Crippen LogP contribution in [0.3, 0.4) is 0 Å². The monoisotopic (exact) mass is 244 g/mol. The molecule has 0 amide bonds. The Labute approximate surface area is 98.2 Å². The van der Waals surface area contributed by atoms with Crippen LogP contribution in [0.15, 0.2) is 18.2 Å². The molecular formula is C11H10Cl2O2. The van der Waals surface area contributed by atoms with Crippen molar-refractivity contribution in [2.45, 2.75) is 18.2 Å². The zero-order valence-electron chi connectivity index (χ0n) is 8.17. The number of carbonyl (C=O) groups excluding carboxylic acids is 2. The van der Waals surface area contributed by atoms with E-state index in [0.29, 0.717) is 17.4 Å². The predicted molar refractivity (Wildman–Crippen MR) is 60.7 cm³/mol. The maximum absolute atomic E-state index is 11.2. The highest BCUT2D eigenvalue weighted by Crippen LogP contribution is 2.28.